The first-order valence-electron chi connectivity index (χ1n) is 4.11. The molecule has 0 aromatic rings. The van der Waals surface area contributed by atoms with E-state index in [1.807, 2.05) is 0 Å². The van der Waals surface area contributed by atoms with Crippen molar-refractivity contribution >= 4 is 13.3 Å². The Labute approximate surface area is 78.8 Å². The third-order valence-electron chi connectivity index (χ3n) is 2.71. The summed E-state index contributed by atoms with van der Waals surface area (Å²) in [7, 11) is -6.86. The zero-order valence-electron chi connectivity index (χ0n) is 9.12. The fourth-order valence-corrected chi connectivity index (χ4v) is 34.1. The van der Waals surface area contributed by atoms with Crippen molar-refractivity contribution in [2.24, 2.45) is 0 Å². The molecule has 0 aromatic carbocycles. The van der Waals surface area contributed by atoms with Gasteiger partial charge in [-0.05, 0) is 0 Å². The molecule has 0 radical (unpaired) electrons. The Hall–Kier alpha value is 0.486. The number of hydrogen-bond acceptors (Lipinski definition) is 2. The van der Waals surface area contributed by atoms with Crippen LogP contribution < -0.4 is 0 Å². The maximum atomic E-state index is 12.1. The fraction of sp³-hybridized carbons (Fsp3) is 1.00. The topological polar surface area (TPSA) is 74.6 Å². The summed E-state index contributed by atoms with van der Waals surface area (Å²) in [6.07, 6.45) is 0. The molecular formula is C6H20CrO4Si2. The number of hydrogen-bond donors (Lipinski definition) is 2. The van der Waals surface area contributed by atoms with Crippen LogP contribution in [0, 0.1) is 0 Å². The molecular weight excluding hydrogens is 244 g/mol. The first-order chi connectivity index (χ1) is 5.04. The van der Waals surface area contributed by atoms with Gasteiger partial charge in [0.1, 0.15) is 0 Å². The van der Waals surface area contributed by atoms with Gasteiger partial charge in [0.15, 0.2) is 0 Å². The van der Waals surface area contributed by atoms with Crippen molar-refractivity contribution in [2.45, 2.75) is 39.3 Å². The molecule has 0 fully saturated rings. The molecule has 0 aromatic heterocycles. The zero-order chi connectivity index (χ0) is 11.4. The van der Waals surface area contributed by atoms with Gasteiger partial charge in [-0.1, -0.05) is 0 Å². The van der Waals surface area contributed by atoms with E-state index < -0.39 is 23.4 Å². The van der Waals surface area contributed by atoms with Crippen molar-refractivity contribution in [1.82, 2.24) is 0 Å². The Kier molecular flexibility index (Phi) is 2.26. The van der Waals surface area contributed by atoms with E-state index >= 15 is 0 Å². The summed E-state index contributed by atoms with van der Waals surface area (Å²) in [6.45, 7) is 2.67. The summed E-state index contributed by atoms with van der Waals surface area (Å²) >= 11 is 0. The second-order valence-corrected chi connectivity index (χ2v) is 38.4. The van der Waals surface area contributed by atoms with Crippen molar-refractivity contribution in [2.75, 3.05) is 0 Å². The van der Waals surface area contributed by atoms with Gasteiger partial charge in [0.25, 0.3) is 0 Å². The standard InChI is InChI=1S/2C3H9Si.Cr.2H2O.2O/c2*1-4(2)3;;;;;/h2*1-3H3;;2*1H2;;/q;;+2;;;;/p-2. The van der Waals surface area contributed by atoms with Crippen LogP contribution in [0.4, 0.5) is 0 Å². The Bertz CT molecular complexity index is 351. The van der Waals surface area contributed by atoms with E-state index in [0.717, 1.165) is 0 Å². The van der Waals surface area contributed by atoms with Crippen LogP contribution in [0.2, 0.25) is 39.3 Å². The molecule has 0 saturated carbocycles. The van der Waals surface area contributed by atoms with E-state index in [0.29, 0.717) is 0 Å². The van der Waals surface area contributed by atoms with Crippen molar-refractivity contribution in [1.29, 1.82) is 0 Å². The van der Waals surface area contributed by atoms with Gasteiger partial charge < -0.3 is 0 Å². The molecule has 4 nitrogen and oxygen atoms in total. The van der Waals surface area contributed by atoms with Gasteiger partial charge in [-0.25, -0.2) is 0 Å². The molecule has 0 aliphatic carbocycles. The van der Waals surface area contributed by atoms with E-state index in [2.05, 4.69) is 0 Å². The second kappa shape index (κ2) is 2.18. The van der Waals surface area contributed by atoms with E-state index in [1.165, 1.54) is 39.3 Å². The monoisotopic (exact) mass is 264 g/mol. The van der Waals surface area contributed by atoms with Crippen LogP contribution in [0.1, 0.15) is 0 Å². The summed E-state index contributed by atoms with van der Waals surface area (Å²) < 4.78 is 44.0. The van der Waals surface area contributed by atoms with Gasteiger partial charge in [-0.2, -0.15) is 0 Å². The molecule has 0 amide bonds. The van der Waals surface area contributed by atoms with Crippen molar-refractivity contribution in [3.63, 3.8) is 0 Å². The molecule has 0 spiro atoms. The minimum absolute atomic E-state index is 1.46. The quantitative estimate of drug-likeness (QED) is 0.739. The molecule has 0 saturated heterocycles. The molecule has 0 rings (SSSR count). The third kappa shape index (κ3) is 1.48. The van der Waals surface area contributed by atoms with Gasteiger partial charge in [0.2, 0.25) is 0 Å². The van der Waals surface area contributed by atoms with Crippen LogP contribution in [-0.2, 0) is 17.8 Å². The van der Waals surface area contributed by atoms with Crippen LogP contribution in [0.25, 0.3) is 0 Å². The van der Waals surface area contributed by atoms with Crippen LogP contribution in [0.5, 0.6) is 0 Å². The minimum atomic E-state index is -6.86. The van der Waals surface area contributed by atoms with Crippen LogP contribution in [0.15, 0.2) is 0 Å². The predicted molar refractivity (Wildman–Crippen MR) is 52.5 cm³/mol. The molecule has 0 aliphatic rings. The Balaban J connectivity index is 6.24. The SMILES string of the molecule is C[Si](C)(C)[Cr](=[O])(=[O])([OH])([OH])[Si](C)(C)C. The zero-order valence-corrected chi connectivity index (χ0v) is 12.4. The van der Waals surface area contributed by atoms with Crippen LogP contribution >= 0.6 is 0 Å². The number of rotatable bonds is 2. The van der Waals surface area contributed by atoms with E-state index in [4.69, 9.17) is 0 Å². The third-order valence-corrected chi connectivity index (χ3v) is 48.6. The van der Waals surface area contributed by atoms with Crippen molar-refractivity contribution in [3.05, 3.63) is 0 Å². The van der Waals surface area contributed by atoms with Gasteiger partial charge >= 0.3 is 78.7 Å². The molecule has 0 unspecified atom stereocenters. The average molecular weight is 264 g/mol. The maximum absolute atomic E-state index is 12.1. The molecule has 0 atom stereocenters. The summed E-state index contributed by atoms with van der Waals surface area (Å²) in [5.41, 5.74) is 0. The Morgan fingerprint density at radius 1 is 0.769 bits per heavy atom. The second-order valence-electron chi connectivity index (χ2n) is 5.47. The summed E-state index contributed by atoms with van der Waals surface area (Å²) in [4.78, 5) is 0. The van der Waals surface area contributed by atoms with Crippen molar-refractivity contribution < 1.29 is 26.1 Å². The Morgan fingerprint density at radius 2 is 0.923 bits per heavy atom. The molecule has 82 valence electrons. The van der Waals surface area contributed by atoms with E-state index in [-0.39, 0.29) is 0 Å². The van der Waals surface area contributed by atoms with Gasteiger partial charge in [0, 0.05) is 0 Å². The molecule has 2 N–H and O–H groups in total. The summed E-state index contributed by atoms with van der Waals surface area (Å²) in [6, 6.07) is 0. The average Bonchev–Trinajstić information content (AvgIpc) is 1.51. The molecule has 7 heteroatoms. The molecule has 0 bridgehead atoms. The molecule has 0 aliphatic heterocycles. The predicted octanol–water partition coefficient (Wildman–Crippen LogP) is 1.39. The van der Waals surface area contributed by atoms with Crippen LogP contribution in [0.3, 0.4) is 0 Å². The van der Waals surface area contributed by atoms with E-state index in [9.17, 15) is 15.9 Å². The normalized spacial score (nSPS) is 20.6. The molecule has 0 heterocycles. The van der Waals surface area contributed by atoms with Gasteiger partial charge in [-0.15, -0.1) is 0 Å². The van der Waals surface area contributed by atoms with E-state index in [1.54, 1.807) is 0 Å². The van der Waals surface area contributed by atoms with Gasteiger partial charge in [-0.3, -0.25) is 0 Å². The van der Waals surface area contributed by atoms with Gasteiger partial charge in [0.05, 0.1) is 0 Å². The summed E-state index contributed by atoms with van der Waals surface area (Å²) in [5.74, 6) is 0. The first-order valence-corrected chi connectivity index (χ1v) is 16.9. The summed E-state index contributed by atoms with van der Waals surface area (Å²) in [5, 5.41) is 0. The van der Waals surface area contributed by atoms with Crippen LogP contribution in [-0.4, -0.2) is 21.6 Å². The Morgan fingerprint density at radius 3 is 0.923 bits per heavy atom. The molecule has 13 heavy (non-hydrogen) atoms. The first kappa shape index (κ1) is 13.5. The van der Waals surface area contributed by atoms with Crippen molar-refractivity contribution in [3.8, 4) is 0 Å². The fourth-order valence-electron chi connectivity index (χ4n) is 0.919.